The molecule has 0 aliphatic heterocycles. The number of rotatable bonds is 10. The molecular formula is C21H25N3O4. The first-order chi connectivity index (χ1) is 13.7. The monoisotopic (exact) mass is 383 g/mol. The first kappa shape index (κ1) is 19.7. The van der Waals surface area contributed by atoms with Crippen LogP contribution in [0, 0.1) is 6.92 Å². The van der Waals surface area contributed by atoms with Gasteiger partial charge in [0, 0.05) is 6.54 Å². The lowest BCUT2D eigenvalue weighted by molar-refractivity contribution is 0.233. The molecule has 0 spiro atoms. The molecule has 0 atom stereocenters. The summed E-state index contributed by atoms with van der Waals surface area (Å²) in [6.07, 6.45) is 0.950. The summed E-state index contributed by atoms with van der Waals surface area (Å²) in [5, 5.41) is 7.20. The summed E-state index contributed by atoms with van der Waals surface area (Å²) >= 11 is 0. The van der Waals surface area contributed by atoms with Gasteiger partial charge in [0.1, 0.15) is 5.75 Å². The maximum atomic E-state index is 5.73. The molecule has 7 nitrogen and oxygen atoms in total. The summed E-state index contributed by atoms with van der Waals surface area (Å²) in [6.45, 7) is 3.60. The number of aryl methyl sites for hydroxylation is 1. The minimum atomic E-state index is 0.205. The number of ether oxygens (including phenoxy) is 3. The molecule has 0 aliphatic rings. The molecule has 28 heavy (non-hydrogen) atoms. The van der Waals surface area contributed by atoms with Crippen molar-refractivity contribution in [3.63, 3.8) is 0 Å². The fourth-order valence-electron chi connectivity index (χ4n) is 2.74. The Hall–Kier alpha value is -3.06. The van der Waals surface area contributed by atoms with Crippen LogP contribution in [0.2, 0.25) is 0 Å². The van der Waals surface area contributed by atoms with Crippen LogP contribution in [0.5, 0.6) is 17.2 Å². The quantitative estimate of drug-likeness (QED) is 0.538. The van der Waals surface area contributed by atoms with Gasteiger partial charge in [0.2, 0.25) is 0 Å². The van der Waals surface area contributed by atoms with Crippen LogP contribution in [0.4, 0.5) is 0 Å². The predicted molar refractivity (Wildman–Crippen MR) is 105 cm³/mol. The topological polar surface area (TPSA) is 78.6 Å². The minimum Gasteiger partial charge on any atom is -0.497 e. The highest BCUT2D eigenvalue weighted by molar-refractivity contribution is 5.43. The number of hydrogen-bond acceptors (Lipinski definition) is 7. The molecule has 0 aliphatic carbocycles. The lowest BCUT2D eigenvalue weighted by Gasteiger charge is -2.12. The van der Waals surface area contributed by atoms with Gasteiger partial charge >= 0.3 is 0 Å². The normalized spacial score (nSPS) is 10.7. The Kier molecular flexibility index (Phi) is 6.86. The maximum absolute atomic E-state index is 5.73. The predicted octanol–water partition coefficient (Wildman–Crippen LogP) is 3.31. The Balaban J connectivity index is 1.48. The Morgan fingerprint density at radius 1 is 0.964 bits per heavy atom. The van der Waals surface area contributed by atoms with Crippen molar-refractivity contribution in [1.82, 2.24) is 15.5 Å². The highest BCUT2D eigenvalue weighted by atomic mass is 16.5. The molecular weight excluding hydrogens is 358 g/mol. The van der Waals surface area contributed by atoms with Crippen molar-refractivity contribution in [3.05, 3.63) is 65.3 Å². The summed E-state index contributed by atoms with van der Waals surface area (Å²) in [6, 6.07) is 14.0. The Morgan fingerprint density at radius 3 is 2.43 bits per heavy atom. The summed E-state index contributed by atoms with van der Waals surface area (Å²) in [5.41, 5.74) is 2.39. The van der Waals surface area contributed by atoms with E-state index in [4.69, 9.17) is 18.7 Å². The van der Waals surface area contributed by atoms with Gasteiger partial charge in [-0.15, -0.1) is 0 Å². The molecule has 1 heterocycles. The van der Waals surface area contributed by atoms with Gasteiger partial charge in [0.25, 0.3) is 5.89 Å². The molecule has 0 radical (unpaired) electrons. The maximum Gasteiger partial charge on any atom is 0.264 e. The molecule has 7 heteroatoms. The molecule has 0 saturated heterocycles. The van der Waals surface area contributed by atoms with Crippen molar-refractivity contribution in [2.24, 2.45) is 0 Å². The third kappa shape index (κ3) is 5.47. The number of hydrogen-bond donors (Lipinski definition) is 1. The summed E-state index contributed by atoms with van der Waals surface area (Å²) in [4.78, 5) is 4.12. The van der Waals surface area contributed by atoms with Crippen LogP contribution in [0.1, 0.15) is 22.8 Å². The molecule has 3 rings (SSSR count). The van der Waals surface area contributed by atoms with Gasteiger partial charge in [0.05, 0.1) is 14.2 Å². The van der Waals surface area contributed by atoms with E-state index in [1.54, 1.807) is 21.1 Å². The average molecular weight is 383 g/mol. The van der Waals surface area contributed by atoms with Gasteiger partial charge in [-0.1, -0.05) is 23.4 Å². The minimum absolute atomic E-state index is 0.205. The molecule has 1 aromatic heterocycles. The third-order valence-electron chi connectivity index (χ3n) is 4.23. The third-order valence-corrected chi connectivity index (χ3v) is 4.23. The Morgan fingerprint density at radius 2 is 1.75 bits per heavy atom. The molecule has 0 fully saturated rings. The van der Waals surface area contributed by atoms with Crippen molar-refractivity contribution >= 4 is 0 Å². The van der Waals surface area contributed by atoms with Gasteiger partial charge in [-0.3, -0.25) is 0 Å². The van der Waals surface area contributed by atoms with E-state index in [1.165, 1.54) is 5.56 Å². The number of methoxy groups -OCH3 is 2. The molecule has 0 bridgehead atoms. The second-order valence-corrected chi connectivity index (χ2v) is 6.28. The molecule has 0 saturated carbocycles. The zero-order valence-corrected chi connectivity index (χ0v) is 16.4. The number of nitrogens with one attached hydrogen (secondary N) is 1. The number of benzene rings is 2. The Bertz CT molecular complexity index is 878. The van der Waals surface area contributed by atoms with Gasteiger partial charge < -0.3 is 24.1 Å². The lowest BCUT2D eigenvalue weighted by Crippen LogP contribution is -2.16. The fourth-order valence-corrected chi connectivity index (χ4v) is 2.74. The number of aromatic nitrogens is 2. The summed E-state index contributed by atoms with van der Waals surface area (Å²) < 4.78 is 21.4. The fraction of sp³-hybridized carbons (Fsp3) is 0.333. The smallest absolute Gasteiger partial charge is 0.264 e. The van der Waals surface area contributed by atoms with Gasteiger partial charge in [-0.2, -0.15) is 4.98 Å². The van der Waals surface area contributed by atoms with E-state index in [1.807, 2.05) is 30.3 Å². The zero-order valence-electron chi connectivity index (χ0n) is 16.4. The SMILES string of the molecule is COc1ccc(CCNCc2ccc(OCc3nc(C)no3)c(OC)c2)cc1. The van der Waals surface area contributed by atoms with Crippen molar-refractivity contribution in [2.75, 3.05) is 20.8 Å². The van der Waals surface area contributed by atoms with E-state index in [2.05, 4.69) is 27.6 Å². The standard InChI is InChI=1S/C21H25N3O4/c1-15-23-21(28-24-15)14-27-19-9-6-17(12-20(19)26-3)13-22-11-10-16-4-7-18(25-2)8-5-16/h4-9,12,22H,10-11,13-14H2,1-3H3. The molecule has 0 amide bonds. The van der Waals surface area contributed by atoms with E-state index in [0.717, 1.165) is 30.8 Å². The van der Waals surface area contributed by atoms with E-state index in [-0.39, 0.29) is 6.61 Å². The average Bonchev–Trinajstić information content (AvgIpc) is 3.15. The number of nitrogens with zero attached hydrogens (tertiary/aromatic N) is 2. The molecule has 3 aromatic rings. The molecule has 2 aromatic carbocycles. The zero-order chi connectivity index (χ0) is 19.8. The summed E-state index contributed by atoms with van der Waals surface area (Å²) in [7, 11) is 3.30. The summed E-state index contributed by atoms with van der Waals surface area (Å²) in [5.74, 6) is 3.21. The van der Waals surface area contributed by atoms with Crippen molar-refractivity contribution < 1.29 is 18.7 Å². The molecule has 1 N–H and O–H groups in total. The van der Waals surface area contributed by atoms with Crippen LogP contribution in [-0.4, -0.2) is 30.9 Å². The van der Waals surface area contributed by atoms with Crippen molar-refractivity contribution in [1.29, 1.82) is 0 Å². The van der Waals surface area contributed by atoms with Crippen LogP contribution in [0.15, 0.2) is 47.0 Å². The van der Waals surface area contributed by atoms with Crippen molar-refractivity contribution in [2.45, 2.75) is 26.5 Å². The second-order valence-electron chi connectivity index (χ2n) is 6.28. The van der Waals surface area contributed by atoms with Gasteiger partial charge in [-0.05, 0) is 55.3 Å². The lowest BCUT2D eigenvalue weighted by atomic mass is 10.1. The van der Waals surface area contributed by atoms with E-state index < -0.39 is 0 Å². The van der Waals surface area contributed by atoms with Gasteiger partial charge in [-0.25, -0.2) is 0 Å². The highest BCUT2D eigenvalue weighted by Gasteiger charge is 2.09. The van der Waals surface area contributed by atoms with Crippen molar-refractivity contribution in [3.8, 4) is 17.2 Å². The van der Waals surface area contributed by atoms with Gasteiger partial charge in [0.15, 0.2) is 23.9 Å². The van der Waals surface area contributed by atoms with Crippen LogP contribution in [-0.2, 0) is 19.6 Å². The largest absolute Gasteiger partial charge is 0.497 e. The first-order valence-corrected chi connectivity index (χ1v) is 9.10. The van der Waals surface area contributed by atoms with Crippen LogP contribution in [0.3, 0.4) is 0 Å². The van der Waals surface area contributed by atoms with E-state index >= 15 is 0 Å². The second kappa shape index (κ2) is 9.75. The first-order valence-electron chi connectivity index (χ1n) is 9.10. The van der Waals surface area contributed by atoms with Crippen LogP contribution in [0.25, 0.3) is 0 Å². The highest BCUT2D eigenvalue weighted by Crippen LogP contribution is 2.28. The van der Waals surface area contributed by atoms with Crippen LogP contribution >= 0.6 is 0 Å². The van der Waals surface area contributed by atoms with E-state index in [0.29, 0.717) is 23.2 Å². The van der Waals surface area contributed by atoms with E-state index in [9.17, 15) is 0 Å². The molecule has 148 valence electrons. The Labute approximate surface area is 164 Å². The molecule has 0 unspecified atom stereocenters. The van der Waals surface area contributed by atoms with Crippen LogP contribution < -0.4 is 19.5 Å².